The SMILES string of the molecule is Cc1ccc(C[C@H](NC(=O)C2CCC(CN)CC2)C(=O)Nc2ccc(-c3nn[nH]n3)cc2)cc1-c1ccc(C(=O)NC2CCNCC2)cc1. The van der Waals surface area contributed by atoms with Gasteiger partial charge < -0.3 is 27.0 Å². The average Bonchev–Trinajstić information content (AvgIpc) is 3.68. The van der Waals surface area contributed by atoms with Gasteiger partial charge >= 0.3 is 0 Å². The number of H-pyrrole nitrogens is 1. The van der Waals surface area contributed by atoms with Crippen LogP contribution in [-0.2, 0) is 16.0 Å². The fourth-order valence-electron chi connectivity index (χ4n) is 6.75. The zero-order valence-corrected chi connectivity index (χ0v) is 27.9. The minimum Gasteiger partial charge on any atom is -0.349 e. The van der Waals surface area contributed by atoms with Crippen LogP contribution in [0.4, 0.5) is 5.69 Å². The van der Waals surface area contributed by atoms with E-state index in [-0.39, 0.29) is 29.7 Å². The summed E-state index contributed by atoms with van der Waals surface area (Å²) in [5.41, 5.74) is 11.8. The second kappa shape index (κ2) is 16.0. The number of aromatic amines is 1. The summed E-state index contributed by atoms with van der Waals surface area (Å²) < 4.78 is 0. The fourth-order valence-corrected chi connectivity index (χ4v) is 6.75. The summed E-state index contributed by atoms with van der Waals surface area (Å²) in [7, 11) is 0. The first-order valence-corrected chi connectivity index (χ1v) is 17.2. The molecule has 7 N–H and O–H groups in total. The molecule has 1 aromatic heterocycles. The van der Waals surface area contributed by atoms with Crippen molar-refractivity contribution in [3.63, 3.8) is 0 Å². The number of hydrogen-bond donors (Lipinski definition) is 6. The van der Waals surface area contributed by atoms with Crippen molar-refractivity contribution in [3.8, 4) is 22.5 Å². The van der Waals surface area contributed by atoms with E-state index in [0.29, 0.717) is 36.0 Å². The maximum atomic E-state index is 13.8. The normalized spacial score (nSPS) is 18.7. The topological polar surface area (TPSA) is 180 Å². The smallest absolute Gasteiger partial charge is 0.251 e. The number of hydrogen-bond acceptors (Lipinski definition) is 8. The number of benzene rings is 3. The molecule has 1 saturated carbocycles. The molecule has 0 radical (unpaired) electrons. The molecule has 0 spiro atoms. The van der Waals surface area contributed by atoms with Crippen molar-refractivity contribution in [2.75, 3.05) is 25.0 Å². The lowest BCUT2D eigenvalue weighted by molar-refractivity contribution is -0.130. The molecular formula is C37H45N9O3. The van der Waals surface area contributed by atoms with Gasteiger partial charge in [-0.1, -0.05) is 30.3 Å². The number of piperidine rings is 1. The van der Waals surface area contributed by atoms with Crippen LogP contribution in [0.5, 0.6) is 0 Å². The summed E-state index contributed by atoms with van der Waals surface area (Å²) in [6.45, 7) is 4.50. The molecule has 2 fully saturated rings. The van der Waals surface area contributed by atoms with Crippen LogP contribution in [-0.4, -0.2) is 70.1 Å². The van der Waals surface area contributed by atoms with Crippen LogP contribution in [0.2, 0.25) is 0 Å². The Morgan fingerprint density at radius 1 is 0.898 bits per heavy atom. The van der Waals surface area contributed by atoms with Crippen molar-refractivity contribution in [3.05, 3.63) is 83.4 Å². The Kier molecular flexibility index (Phi) is 11.1. The molecule has 6 rings (SSSR count). The number of amides is 3. The number of nitrogens with zero attached hydrogens (tertiary/aromatic N) is 3. The Morgan fingerprint density at radius 3 is 2.29 bits per heavy atom. The summed E-state index contributed by atoms with van der Waals surface area (Å²) in [6.07, 6.45) is 5.52. The largest absolute Gasteiger partial charge is 0.349 e. The van der Waals surface area contributed by atoms with Crippen molar-refractivity contribution in [2.45, 2.75) is 64.0 Å². The molecule has 1 saturated heterocycles. The van der Waals surface area contributed by atoms with E-state index in [1.807, 2.05) is 43.3 Å². The number of rotatable bonds is 11. The number of anilines is 1. The van der Waals surface area contributed by atoms with Crippen LogP contribution in [0.3, 0.4) is 0 Å². The standard InChI is InChI=1S/C37H45N9O3/c1-23-2-3-25(20-32(23)26-8-10-29(11-9-26)35(47)40-31-16-18-39-19-17-31)21-33(42-36(48)28-6-4-24(22-38)5-7-28)37(49)41-30-14-12-27(13-15-30)34-43-45-46-44-34/h2-3,8-15,20,24,28,31,33,39H,4-7,16-19,21-22,38H2,1H3,(H,40,47)(H,41,49)(H,42,48)(H,43,44,45,46)/t24?,28?,33-/m0/s1. The fraction of sp³-hybridized carbons (Fsp3) is 0.405. The van der Waals surface area contributed by atoms with Crippen molar-refractivity contribution >= 4 is 23.4 Å². The van der Waals surface area contributed by atoms with Crippen LogP contribution < -0.4 is 27.0 Å². The molecule has 49 heavy (non-hydrogen) atoms. The monoisotopic (exact) mass is 663 g/mol. The quantitative estimate of drug-likeness (QED) is 0.140. The van der Waals surface area contributed by atoms with Crippen molar-refractivity contribution in [1.82, 2.24) is 36.6 Å². The highest BCUT2D eigenvalue weighted by Gasteiger charge is 2.29. The maximum Gasteiger partial charge on any atom is 0.251 e. The first-order valence-electron chi connectivity index (χ1n) is 17.2. The highest BCUT2D eigenvalue weighted by molar-refractivity contribution is 5.98. The summed E-state index contributed by atoms with van der Waals surface area (Å²) >= 11 is 0. The van der Waals surface area contributed by atoms with Gasteiger partial charge in [0.1, 0.15) is 6.04 Å². The number of aryl methyl sites for hydroxylation is 1. The highest BCUT2D eigenvalue weighted by Crippen LogP contribution is 2.29. The first kappa shape index (κ1) is 33.9. The van der Waals surface area contributed by atoms with E-state index in [1.165, 1.54) is 0 Å². The predicted molar refractivity (Wildman–Crippen MR) is 188 cm³/mol. The summed E-state index contributed by atoms with van der Waals surface area (Å²) in [5, 5.41) is 26.6. The van der Waals surface area contributed by atoms with E-state index in [4.69, 9.17) is 5.73 Å². The number of aromatic nitrogens is 4. The Hall–Kier alpha value is -4.94. The molecule has 12 nitrogen and oxygen atoms in total. The van der Waals surface area contributed by atoms with Gasteiger partial charge in [0.05, 0.1) is 0 Å². The number of tetrazole rings is 1. The van der Waals surface area contributed by atoms with E-state index in [0.717, 1.165) is 79.4 Å². The molecule has 1 aliphatic heterocycles. The summed E-state index contributed by atoms with van der Waals surface area (Å²) in [5.74, 6) is 0.289. The van der Waals surface area contributed by atoms with Gasteiger partial charge in [-0.15, -0.1) is 10.2 Å². The Labute approximate surface area is 286 Å². The van der Waals surface area contributed by atoms with Gasteiger partial charge in [0.25, 0.3) is 5.91 Å². The molecule has 1 atom stereocenters. The van der Waals surface area contributed by atoms with Crippen LogP contribution in [0.1, 0.15) is 60.0 Å². The van der Waals surface area contributed by atoms with Crippen LogP contribution in [0.15, 0.2) is 66.7 Å². The minimum atomic E-state index is -0.798. The van der Waals surface area contributed by atoms with Crippen LogP contribution >= 0.6 is 0 Å². The third-order valence-electron chi connectivity index (χ3n) is 9.81. The van der Waals surface area contributed by atoms with Gasteiger partial charge in [0.15, 0.2) is 0 Å². The van der Waals surface area contributed by atoms with Crippen LogP contribution in [0.25, 0.3) is 22.5 Å². The van der Waals surface area contributed by atoms with Crippen molar-refractivity contribution in [1.29, 1.82) is 0 Å². The number of nitrogens with one attached hydrogen (secondary N) is 5. The molecule has 4 aromatic rings. The zero-order valence-electron chi connectivity index (χ0n) is 27.9. The first-order chi connectivity index (χ1) is 23.9. The van der Waals surface area contributed by atoms with E-state index in [9.17, 15) is 14.4 Å². The van der Waals surface area contributed by atoms with E-state index >= 15 is 0 Å². The summed E-state index contributed by atoms with van der Waals surface area (Å²) in [6, 6.07) is 20.3. The summed E-state index contributed by atoms with van der Waals surface area (Å²) in [4.78, 5) is 40.2. The average molecular weight is 664 g/mol. The zero-order chi connectivity index (χ0) is 34.2. The van der Waals surface area contributed by atoms with Gasteiger partial charge in [0, 0.05) is 35.2 Å². The molecule has 3 aromatic carbocycles. The lowest BCUT2D eigenvalue weighted by Crippen LogP contribution is -2.48. The number of nitrogens with two attached hydrogens (primary N) is 1. The van der Waals surface area contributed by atoms with Crippen molar-refractivity contribution < 1.29 is 14.4 Å². The third-order valence-corrected chi connectivity index (χ3v) is 9.81. The second-order valence-corrected chi connectivity index (χ2v) is 13.2. The lowest BCUT2D eigenvalue weighted by atomic mass is 9.81. The van der Waals surface area contributed by atoms with Gasteiger partial charge in [-0.25, -0.2) is 0 Å². The Bertz CT molecular complexity index is 1710. The van der Waals surface area contributed by atoms with E-state index < -0.39 is 6.04 Å². The molecule has 256 valence electrons. The molecule has 1 aliphatic carbocycles. The Morgan fingerprint density at radius 2 is 1.61 bits per heavy atom. The minimum absolute atomic E-state index is 0.0607. The highest BCUT2D eigenvalue weighted by atomic mass is 16.2. The van der Waals surface area contributed by atoms with E-state index in [1.54, 1.807) is 24.3 Å². The van der Waals surface area contributed by atoms with Crippen molar-refractivity contribution in [2.24, 2.45) is 17.6 Å². The van der Waals surface area contributed by atoms with Gasteiger partial charge in [-0.05, 0) is 135 Å². The van der Waals surface area contributed by atoms with Crippen LogP contribution in [0, 0.1) is 18.8 Å². The van der Waals surface area contributed by atoms with Gasteiger partial charge in [0.2, 0.25) is 17.6 Å². The Balaban J connectivity index is 1.17. The molecule has 3 amide bonds. The molecule has 2 heterocycles. The van der Waals surface area contributed by atoms with E-state index in [2.05, 4.69) is 48.0 Å². The third kappa shape index (κ3) is 8.76. The van der Waals surface area contributed by atoms with Gasteiger partial charge in [-0.2, -0.15) is 5.21 Å². The predicted octanol–water partition coefficient (Wildman–Crippen LogP) is 3.76. The molecule has 12 heteroatoms. The lowest BCUT2D eigenvalue weighted by Gasteiger charge is -2.28. The molecular weight excluding hydrogens is 618 g/mol. The number of carbonyl (C=O) groups excluding carboxylic acids is 3. The number of carbonyl (C=O) groups is 3. The molecule has 2 aliphatic rings. The van der Waals surface area contributed by atoms with Gasteiger partial charge in [-0.3, -0.25) is 14.4 Å². The molecule has 0 unspecified atom stereocenters. The second-order valence-electron chi connectivity index (χ2n) is 13.2. The maximum absolute atomic E-state index is 13.8. The molecule has 0 bridgehead atoms.